The lowest BCUT2D eigenvalue weighted by Gasteiger charge is -2.22. The molecule has 5 N–H and O–H groups in total. The van der Waals surface area contributed by atoms with Crippen LogP contribution in [0, 0.1) is 0 Å². The Bertz CT molecular complexity index is 509. The van der Waals surface area contributed by atoms with Crippen LogP contribution >= 0.6 is 0 Å². The van der Waals surface area contributed by atoms with E-state index in [1.54, 1.807) is 0 Å². The number of aliphatic carboxylic acids is 2. The number of hydroxylamine groups is 2. The van der Waals surface area contributed by atoms with Gasteiger partial charge in [0.15, 0.2) is 6.10 Å². The standard InChI is InChI=1S/C11H12N2O7/c12-9(15)6-2-1-4-13(5-3-6)20-8(11(18)19)7(14)10(16)17/h1-5,7-8,14H,(H2,12,15)(H,16,17)(H,18,19). The number of carboxylic acid groups (broad SMARTS) is 2. The fraction of sp³-hybridized carbons (Fsp3) is 0.182. The third-order valence-electron chi connectivity index (χ3n) is 2.21. The lowest BCUT2D eigenvalue weighted by atomic mass is 10.2. The molecule has 0 spiro atoms. The Labute approximate surface area is 112 Å². The van der Waals surface area contributed by atoms with E-state index in [1.165, 1.54) is 24.4 Å². The lowest BCUT2D eigenvalue weighted by molar-refractivity contribution is -0.201. The van der Waals surface area contributed by atoms with Crippen LogP contribution in [0.25, 0.3) is 0 Å². The Morgan fingerprint density at radius 2 is 1.85 bits per heavy atom. The summed E-state index contributed by atoms with van der Waals surface area (Å²) >= 11 is 0. The molecule has 1 aliphatic rings. The van der Waals surface area contributed by atoms with Gasteiger partial charge in [-0.25, -0.2) is 14.7 Å². The topological polar surface area (TPSA) is 150 Å². The predicted molar refractivity (Wildman–Crippen MR) is 63.5 cm³/mol. The summed E-state index contributed by atoms with van der Waals surface area (Å²) in [5, 5.41) is 27.5. The van der Waals surface area contributed by atoms with Gasteiger partial charge >= 0.3 is 11.9 Å². The number of allylic oxidation sites excluding steroid dienone is 2. The van der Waals surface area contributed by atoms with E-state index >= 15 is 0 Å². The second-order valence-corrected chi connectivity index (χ2v) is 3.65. The third kappa shape index (κ3) is 3.93. The van der Waals surface area contributed by atoms with Crippen LogP contribution in [0.3, 0.4) is 0 Å². The number of primary amides is 1. The maximum atomic E-state index is 10.9. The third-order valence-corrected chi connectivity index (χ3v) is 2.21. The van der Waals surface area contributed by atoms with Crippen LogP contribution in [0.5, 0.6) is 0 Å². The van der Waals surface area contributed by atoms with Crippen molar-refractivity contribution in [2.45, 2.75) is 12.2 Å². The summed E-state index contributed by atoms with van der Waals surface area (Å²) in [6.07, 6.45) is 2.05. The number of hydrogen-bond acceptors (Lipinski definition) is 6. The van der Waals surface area contributed by atoms with Gasteiger partial charge in [-0.05, 0) is 18.2 Å². The quantitative estimate of drug-likeness (QED) is 0.463. The van der Waals surface area contributed by atoms with Gasteiger partial charge in [0.05, 0.1) is 0 Å². The summed E-state index contributed by atoms with van der Waals surface area (Å²) < 4.78 is 0. The van der Waals surface area contributed by atoms with Crippen molar-refractivity contribution >= 4 is 17.8 Å². The zero-order valence-electron chi connectivity index (χ0n) is 10.0. The van der Waals surface area contributed by atoms with Crippen molar-refractivity contribution in [1.29, 1.82) is 0 Å². The van der Waals surface area contributed by atoms with E-state index in [4.69, 9.17) is 20.8 Å². The highest BCUT2D eigenvalue weighted by atomic mass is 16.7. The number of rotatable bonds is 6. The Morgan fingerprint density at radius 3 is 2.35 bits per heavy atom. The highest BCUT2D eigenvalue weighted by Crippen LogP contribution is 2.10. The predicted octanol–water partition coefficient (Wildman–Crippen LogP) is -1.43. The highest BCUT2D eigenvalue weighted by molar-refractivity contribution is 5.95. The van der Waals surface area contributed by atoms with Gasteiger partial charge in [-0.2, -0.15) is 0 Å². The summed E-state index contributed by atoms with van der Waals surface area (Å²) in [6.45, 7) is 0. The molecule has 0 aromatic rings. The second-order valence-electron chi connectivity index (χ2n) is 3.65. The number of carbonyl (C=O) groups is 3. The summed E-state index contributed by atoms with van der Waals surface area (Å²) in [4.78, 5) is 37.2. The van der Waals surface area contributed by atoms with E-state index in [-0.39, 0.29) is 5.57 Å². The number of amides is 1. The van der Waals surface area contributed by atoms with Gasteiger partial charge in [0.25, 0.3) is 0 Å². The molecule has 20 heavy (non-hydrogen) atoms. The molecule has 0 radical (unpaired) electrons. The highest BCUT2D eigenvalue weighted by Gasteiger charge is 2.34. The minimum Gasteiger partial charge on any atom is -0.479 e. The molecule has 0 aliphatic carbocycles. The van der Waals surface area contributed by atoms with Gasteiger partial charge in [0.2, 0.25) is 12.0 Å². The number of aliphatic hydroxyl groups excluding tert-OH is 1. The molecule has 0 aromatic carbocycles. The molecule has 0 bridgehead atoms. The van der Waals surface area contributed by atoms with Gasteiger partial charge in [-0.15, -0.1) is 0 Å². The Kier molecular flexibility index (Phi) is 5.01. The fourth-order valence-corrected chi connectivity index (χ4v) is 1.22. The number of carboxylic acids is 2. The monoisotopic (exact) mass is 284 g/mol. The van der Waals surface area contributed by atoms with Gasteiger partial charge in [-0.3, -0.25) is 9.63 Å². The van der Waals surface area contributed by atoms with Crippen LogP contribution in [0.1, 0.15) is 0 Å². The number of nitrogens with two attached hydrogens (primary N) is 1. The van der Waals surface area contributed by atoms with Crippen LogP contribution in [0.15, 0.2) is 36.2 Å². The largest absolute Gasteiger partial charge is 0.479 e. The molecule has 1 rings (SSSR count). The number of aliphatic hydroxyl groups is 1. The van der Waals surface area contributed by atoms with E-state index in [1.807, 2.05) is 0 Å². The maximum Gasteiger partial charge on any atom is 0.339 e. The second kappa shape index (κ2) is 6.50. The number of hydrogen-bond donors (Lipinski definition) is 4. The number of carbonyl (C=O) groups excluding carboxylic acids is 1. The minimum atomic E-state index is -2.25. The molecular weight excluding hydrogens is 272 g/mol. The molecule has 2 unspecified atom stereocenters. The van der Waals surface area contributed by atoms with Crippen molar-refractivity contribution < 1.29 is 34.5 Å². The molecule has 0 saturated heterocycles. The van der Waals surface area contributed by atoms with Crippen LogP contribution in [-0.4, -0.2) is 50.4 Å². The van der Waals surface area contributed by atoms with Crippen molar-refractivity contribution in [2.24, 2.45) is 5.73 Å². The first kappa shape index (κ1) is 15.4. The lowest BCUT2D eigenvalue weighted by Crippen LogP contribution is -2.43. The normalized spacial score (nSPS) is 17.1. The molecule has 1 amide bonds. The van der Waals surface area contributed by atoms with Crippen LogP contribution in [0.4, 0.5) is 0 Å². The first-order chi connectivity index (χ1) is 9.32. The first-order valence-electron chi connectivity index (χ1n) is 5.28. The van der Waals surface area contributed by atoms with E-state index < -0.39 is 30.1 Å². The van der Waals surface area contributed by atoms with Crippen LogP contribution < -0.4 is 5.73 Å². The summed E-state index contributed by atoms with van der Waals surface area (Å²) in [5.41, 5.74) is 5.19. The van der Waals surface area contributed by atoms with E-state index in [0.717, 1.165) is 11.3 Å². The zero-order chi connectivity index (χ0) is 15.3. The van der Waals surface area contributed by atoms with Gasteiger partial charge in [0.1, 0.15) is 0 Å². The fourth-order valence-electron chi connectivity index (χ4n) is 1.22. The molecule has 2 atom stereocenters. The molecule has 9 heteroatoms. The minimum absolute atomic E-state index is 0.137. The Morgan fingerprint density at radius 1 is 1.20 bits per heavy atom. The molecule has 9 nitrogen and oxygen atoms in total. The van der Waals surface area contributed by atoms with Crippen molar-refractivity contribution in [1.82, 2.24) is 5.06 Å². The summed E-state index contributed by atoms with van der Waals surface area (Å²) in [6, 6.07) is 0. The molecule has 108 valence electrons. The maximum absolute atomic E-state index is 10.9. The smallest absolute Gasteiger partial charge is 0.339 e. The molecule has 0 fully saturated rings. The van der Waals surface area contributed by atoms with E-state index in [9.17, 15) is 19.5 Å². The first-order valence-corrected chi connectivity index (χ1v) is 5.28. The molecule has 0 aromatic heterocycles. The average molecular weight is 284 g/mol. The van der Waals surface area contributed by atoms with Crippen molar-refractivity contribution in [3.63, 3.8) is 0 Å². The van der Waals surface area contributed by atoms with Gasteiger partial charge in [0, 0.05) is 18.0 Å². The Balaban J connectivity index is 2.82. The summed E-state index contributed by atoms with van der Waals surface area (Å²) in [7, 11) is 0. The van der Waals surface area contributed by atoms with Crippen molar-refractivity contribution in [2.75, 3.05) is 0 Å². The van der Waals surface area contributed by atoms with E-state index in [0.29, 0.717) is 0 Å². The van der Waals surface area contributed by atoms with Gasteiger partial charge < -0.3 is 21.1 Å². The molecule has 1 heterocycles. The van der Waals surface area contributed by atoms with Crippen LogP contribution in [0.2, 0.25) is 0 Å². The van der Waals surface area contributed by atoms with Crippen molar-refractivity contribution in [3.05, 3.63) is 36.2 Å². The Hall–Kier alpha value is -2.65. The molecule has 0 saturated carbocycles. The molecule has 1 aliphatic heterocycles. The SMILES string of the molecule is NC(=O)C1=CC=CN(OC(C(=O)O)C(O)C(=O)O)C=C1. The number of nitrogens with zero attached hydrogens (tertiary/aromatic N) is 1. The van der Waals surface area contributed by atoms with E-state index in [2.05, 4.69) is 0 Å². The van der Waals surface area contributed by atoms with Gasteiger partial charge in [-0.1, -0.05) is 0 Å². The van der Waals surface area contributed by atoms with Crippen molar-refractivity contribution in [3.8, 4) is 0 Å². The summed E-state index contributed by atoms with van der Waals surface area (Å²) in [5.74, 6) is -4.10. The average Bonchev–Trinajstić information content (AvgIpc) is 2.60. The molecular formula is C11H12N2O7. The van der Waals surface area contributed by atoms with Crippen LogP contribution in [-0.2, 0) is 19.2 Å². The zero-order valence-corrected chi connectivity index (χ0v) is 10.0.